The van der Waals surface area contributed by atoms with Crippen molar-refractivity contribution in [1.82, 2.24) is 15.0 Å². The Morgan fingerprint density at radius 3 is 2.90 bits per heavy atom. The number of aryl methyl sites for hydroxylation is 1. The maximum Gasteiger partial charge on any atom is 0.305 e. The number of halogens is 1. The molecule has 1 aromatic carbocycles. The molecule has 0 amide bonds. The molecule has 0 aliphatic heterocycles. The Labute approximate surface area is 120 Å². The van der Waals surface area contributed by atoms with Gasteiger partial charge in [0.1, 0.15) is 0 Å². The van der Waals surface area contributed by atoms with E-state index in [0.29, 0.717) is 6.54 Å². The van der Waals surface area contributed by atoms with Gasteiger partial charge in [0.05, 0.1) is 17.2 Å². The summed E-state index contributed by atoms with van der Waals surface area (Å²) < 4.78 is 15.4. The Balaban J connectivity index is 2.08. The van der Waals surface area contributed by atoms with E-state index in [0.717, 1.165) is 31.0 Å². The molecule has 0 spiro atoms. The third kappa shape index (κ3) is 3.82. The van der Waals surface area contributed by atoms with Gasteiger partial charge in [-0.2, -0.15) is 4.39 Å². The summed E-state index contributed by atoms with van der Waals surface area (Å²) >= 11 is 0. The van der Waals surface area contributed by atoms with Crippen molar-refractivity contribution in [2.45, 2.75) is 25.8 Å². The van der Waals surface area contributed by atoms with Crippen molar-refractivity contribution >= 4 is 5.69 Å². The number of nitrogens with zero attached hydrogens (tertiary/aromatic N) is 4. The van der Waals surface area contributed by atoms with E-state index in [1.165, 1.54) is 16.8 Å². The molecule has 0 saturated carbocycles. The number of nitro benzene ring substituents is 1. The monoisotopic (exact) mass is 293 g/mol. The first-order chi connectivity index (χ1) is 10.1. The SMILES string of the molecule is NCCCCc1cn(Cc2cccc([N+](=O)[O-])c2F)nn1. The zero-order valence-corrected chi connectivity index (χ0v) is 11.4. The zero-order valence-electron chi connectivity index (χ0n) is 11.4. The second kappa shape index (κ2) is 6.89. The third-order valence-electron chi connectivity index (χ3n) is 3.06. The van der Waals surface area contributed by atoms with E-state index in [1.54, 1.807) is 6.20 Å². The summed E-state index contributed by atoms with van der Waals surface area (Å²) in [5.41, 5.74) is 5.90. The van der Waals surface area contributed by atoms with Crippen molar-refractivity contribution in [3.05, 3.63) is 51.6 Å². The first-order valence-corrected chi connectivity index (χ1v) is 6.62. The minimum atomic E-state index is -0.831. The van der Waals surface area contributed by atoms with Gasteiger partial charge in [-0.25, -0.2) is 4.68 Å². The summed E-state index contributed by atoms with van der Waals surface area (Å²) in [6.45, 7) is 0.741. The molecular formula is C13H16FN5O2. The molecule has 1 aromatic heterocycles. The quantitative estimate of drug-likeness (QED) is 0.475. The Bertz CT molecular complexity index is 629. The van der Waals surface area contributed by atoms with Crippen molar-refractivity contribution in [3.63, 3.8) is 0 Å². The van der Waals surface area contributed by atoms with Crippen LogP contribution in [-0.4, -0.2) is 26.5 Å². The predicted molar refractivity (Wildman–Crippen MR) is 74.2 cm³/mol. The Morgan fingerprint density at radius 2 is 2.19 bits per heavy atom. The van der Waals surface area contributed by atoms with Crippen LogP contribution in [0.4, 0.5) is 10.1 Å². The van der Waals surface area contributed by atoms with Gasteiger partial charge < -0.3 is 5.73 Å². The number of hydrogen-bond donors (Lipinski definition) is 1. The molecule has 1 heterocycles. The van der Waals surface area contributed by atoms with E-state index >= 15 is 0 Å². The fourth-order valence-electron chi connectivity index (χ4n) is 1.98. The van der Waals surface area contributed by atoms with Gasteiger partial charge in [-0.1, -0.05) is 17.3 Å². The number of nitro groups is 1. The molecule has 21 heavy (non-hydrogen) atoms. The fraction of sp³-hybridized carbons (Fsp3) is 0.385. The van der Waals surface area contributed by atoms with E-state index in [-0.39, 0.29) is 12.1 Å². The number of rotatable bonds is 7. The van der Waals surface area contributed by atoms with E-state index in [2.05, 4.69) is 10.3 Å². The van der Waals surface area contributed by atoms with Crippen molar-refractivity contribution < 1.29 is 9.31 Å². The average Bonchev–Trinajstić information content (AvgIpc) is 2.89. The Morgan fingerprint density at radius 1 is 1.38 bits per heavy atom. The molecule has 0 aliphatic carbocycles. The van der Waals surface area contributed by atoms with Crippen LogP contribution >= 0.6 is 0 Å². The molecule has 0 unspecified atom stereocenters. The van der Waals surface area contributed by atoms with Gasteiger partial charge in [0.2, 0.25) is 5.82 Å². The van der Waals surface area contributed by atoms with Crippen LogP contribution in [-0.2, 0) is 13.0 Å². The molecule has 0 aliphatic rings. The molecule has 2 rings (SSSR count). The smallest absolute Gasteiger partial charge is 0.305 e. The molecular weight excluding hydrogens is 277 g/mol. The Hall–Kier alpha value is -2.35. The van der Waals surface area contributed by atoms with Crippen molar-refractivity contribution in [2.75, 3.05) is 6.54 Å². The molecule has 7 nitrogen and oxygen atoms in total. The highest BCUT2D eigenvalue weighted by molar-refractivity contribution is 5.36. The lowest BCUT2D eigenvalue weighted by atomic mass is 10.2. The molecule has 0 bridgehead atoms. The lowest BCUT2D eigenvalue weighted by Crippen LogP contribution is -2.04. The Kier molecular flexibility index (Phi) is 4.94. The van der Waals surface area contributed by atoms with Crippen LogP contribution in [0.2, 0.25) is 0 Å². The summed E-state index contributed by atoms with van der Waals surface area (Å²) in [6, 6.07) is 4.09. The van der Waals surface area contributed by atoms with Gasteiger partial charge in [0.15, 0.2) is 0 Å². The summed E-state index contributed by atoms with van der Waals surface area (Å²) in [7, 11) is 0. The molecule has 8 heteroatoms. The summed E-state index contributed by atoms with van der Waals surface area (Å²) in [5.74, 6) is -0.831. The van der Waals surface area contributed by atoms with E-state index < -0.39 is 16.4 Å². The van der Waals surface area contributed by atoms with Crippen molar-refractivity contribution in [1.29, 1.82) is 0 Å². The van der Waals surface area contributed by atoms with Crippen LogP contribution in [0.3, 0.4) is 0 Å². The predicted octanol–water partition coefficient (Wildman–Crippen LogP) is 1.66. The van der Waals surface area contributed by atoms with Crippen LogP contribution in [0.5, 0.6) is 0 Å². The second-order valence-electron chi connectivity index (χ2n) is 4.66. The third-order valence-corrected chi connectivity index (χ3v) is 3.06. The molecule has 0 radical (unpaired) electrons. The molecule has 112 valence electrons. The van der Waals surface area contributed by atoms with Crippen molar-refractivity contribution in [3.8, 4) is 0 Å². The molecule has 0 fully saturated rings. The zero-order chi connectivity index (χ0) is 15.2. The maximum absolute atomic E-state index is 13.9. The van der Waals surface area contributed by atoms with Gasteiger partial charge in [0.25, 0.3) is 0 Å². The lowest BCUT2D eigenvalue weighted by molar-refractivity contribution is -0.387. The first kappa shape index (κ1) is 15.0. The number of hydrogen-bond acceptors (Lipinski definition) is 5. The van der Waals surface area contributed by atoms with Gasteiger partial charge in [-0.3, -0.25) is 10.1 Å². The normalized spacial score (nSPS) is 10.8. The minimum absolute atomic E-state index is 0.109. The van der Waals surface area contributed by atoms with Crippen LogP contribution in [0.25, 0.3) is 0 Å². The molecule has 2 aromatic rings. The van der Waals surface area contributed by atoms with Crippen LogP contribution in [0.1, 0.15) is 24.1 Å². The number of benzene rings is 1. The number of unbranched alkanes of at least 4 members (excludes halogenated alkanes) is 1. The van der Waals surface area contributed by atoms with Crippen LogP contribution in [0, 0.1) is 15.9 Å². The van der Waals surface area contributed by atoms with Gasteiger partial charge >= 0.3 is 5.69 Å². The number of nitrogens with two attached hydrogens (primary N) is 1. The molecule has 0 atom stereocenters. The summed E-state index contributed by atoms with van der Waals surface area (Å²) in [5, 5.41) is 18.6. The first-order valence-electron chi connectivity index (χ1n) is 6.62. The van der Waals surface area contributed by atoms with Gasteiger partial charge in [-0.15, -0.1) is 5.10 Å². The van der Waals surface area contributed by atoms with E-state index in [1.807, 2.05) is 0 Å². The fourth-order valence-corrected chi connectivity index (χ4v) is 1.98. The average molecular weight is 293 g/mol. The highest BCUT2D eigenvalue weighted by Crippen LogP contribution is 2.20. The lowest BCUT2D eigenvalue weighted by Gasteiger charge is -2.03. The largest absolute Gasteiger partial charge is 0.330 e. The van der Waals surface area contributed by atoms with Crippen LogP contribution in [0.15, 0.2) is 24.4 Å². The summed E-state index contributed by atoms with van der Waals surface area (Å²) in [4.78, 5) is 9.96. The highest BCUT2D eigenvalue weighted by atomic mass is 19.1. The van der Waals surface area contributed by atoms with Crippen LogP contribution < -0.4 is 5.73 Å². The van der Waals surface area contributed by atoms with Gasteiger partial charge in [0, 0.05) is 17.8 Å². The van der Waals surface area contributed by atoms with Gasteiger partial charge in [-0.05, 0) is 25.8 Å². The topological polar surface area (TPSA) is 99.9 Å². The number of aromatic nitrogens is 3. The summed E-state index contributed by atoms with van der Waals surface area (Å²) in [6.07, 6.45) is 4.30. The second-order valence-corrected chi connectivity index (χ2v) is 4.66. The minimum Gasteiger partial charge on any atom is -0.330 e. The van der Waals surface area contributed by atoms with E-state index in [4.69, 9.17) is 5.73 Å². The standard InChI is InChI=1S/C13H16FN5O2/c14-13-10(4-3-6-12(13)19(20)21)8-18-9-11(16-17-18)5-1-2-7-15/h3-4,6,9H,1-2,5,7-8,15H2. The van der Waals surface area contributed by atoms with E-state index in [9.17, 15) is 14.5 Å². The molecule has 2 N–H and O–H groups in total. The molecule has 0 saturated heterocycles. The van der Waals surface area contributed by atoms with Crippen molar-refractivity contribution in [2.24, 2.45) is 5.73 Å². The maximum atomic E-state index is 13.9. The highest BCUT2D eigenvalue weighted by Gasteiger charge is 2.17.